The van der Waals surface area contributed by atoms with Crippen molar-refractivity contribution in [2.75, 3.05) is 10.8 Å². The highest BCUT2D eigenvalue weighted by Crippen LogP contribution is 2.22. The van der Waals surface area contributed by atoms with E-state index in [9.17, 15) is 13.2 Å². The third-order valence-electron chi connectivity index (χ3n) is 3.83. The smallest absolute Gasteiger partial charge is 0.264 e. The van der Waals surface area contributed by atoms with Crippen LogP contribution in [0.3, 0.4) is 0 Å². The number of aromatic nitrogens is 1. The van der Waals surface area contributed by atoms with Gasteiger partial charge in [0, 0.05) is 11.2 Å². The van der Waals surface area contributed by atoms with Gasteiger partial charge in [-0.15, -0.1) is 0 Å². The summed E-state index contributed by atoms with van der Waals surface area (Å²) in [5, 5.41) is 4.46. The molecule has 29 heavy (non-hydrogen) atoms. The fourth-order valence-corrected chi connectivity index (χ4v) is 3.98. The SMILES string of the molecule is O=C(CN(c1cccnc1)S(=O)(=O)c1ccccc1)N/N=C\c1ccc(Cl)cc1. The minimum absolute atomic E-state index is 0.0707. The first-order valence-electron chi connectivity index (χ1n) is 8.52. The Bertz CT molecular complexity index is 1090. The van der Waals surface area contributed by atoms with Crippen molar-refractivity contribution in [3.05, 3.63) is 89.7 Å². The van der Waals surface area contributed by atoms with Crippen molar-refractivity contribution in [1.29, 1.82) is 0 Å². The number of benzene rings is 2. The van der Waals surface area contributed by atoms with E-state index in [1.165, 1.54) is 30.7 Å². The van der Waals surface area contributed by atoms with Crippen LogP contribution in [0.15, 0.2) is 89.1 Å². The van der Waals surface area contributed by atoms with Gasteiger partial charge < -0.3 is 0 Å². The van der Waals surface area contributed by atoms with Gasteiger partial charge >= 0.3 is 0 Å². The van der Waals surface area contributed by atoms with E-state index in [0.717, 1.165) is 9.87 Å². The Morgan fingerprint density at radius 1 is 1.07 bits per heavy atom. The Morgan fingerprint density at radius 2 is 1.79 bits per heavy atom. The number of carbonyl (C=O) groups excluding carboxylic acids is 1. The van der Waals surface area contributed by atoms with E-state index in [1.54, 1.807) is 54.6 Å². The number of hydrazone groups is 1. The molecule has 0 aliphatic heterocycles. The number of hydrogen-bond donors (Lipinski definition) is 1. The van der Waals surface area contributed by atoms with E-state index in [2.05, 4.69) is 15.5 Å². The lowest BCUT2D eigenvalue weighted by molar-refractivity contribution is -0.119. The van der Waals surface area contributed by atoms with Crippen LogP contribution >= 0.6 is 11.6 Å². The summed E-state index contributed by atoms with van der Waals surface area (Å²) in [7, 11) is -3.97. The molecular weight excluding hydrogens is 412 g/mol. The second kappa shape index (κ2) is 9.31. The molecule has 0 unspecified atom stereocenters. The van der Waals surface area contributed by atoms with Gasteiger partial charge in [0.05, 0.1) is 23.0 Å². The summed E-state index contributed by atoms with van der Waals surface area (Å²) in [5.74, 6) is -0.599. The molecule has 1 aromatic heterocycles. The van der Waals surface area contributed by atoms with Crippen molar-refractivity contribution >= 4 is 39.4 Å². The summed E-state index contributed by atoms with van der Waals surface area (Å²) in [4.78, 5) is 16.4. The molecule has 0 saturated carbocycles. The molecule has 0 fully saturated rings. The Labute approximate surface area is 173 Å². The second-order valence-electron chi connectivity index (χ2n) is 5.88. The molecule has 2 aromatic carbocycles. The molecule has 1 N–H and O–H groups in total. The molecular formula is C20H17ClN4O3S. The average Bonchev–Trinajstić information content (AvgIpc) is 2.74. The standard InChI is InChI=1S/C20H17ClN4O3S/c21-17-10-8-16(9-11-17)13-23-24-20(26)15-25(18-5-4-12-22-14-18)29(27,28)19-6-2-1-3-7-19/h1-14H,15H2,(H,24,26)/b23-13-. The van der Waals surface area contributed by atoms with E-state index in [-0.39, 0.29) is 10.6 Å². The second-order valence-corrected chi connectivity index (χ2v) is 8.18. The number of amides is 1. The molecule has 0 aliphatic rings. The van der Waals surface area contributed by atoms with Crippen molar-refractivity contribution in [3.8, 4) is 0 Å². The number of nitrogens with zero attached hydrogens (tertiary/aromatic N) is 3. The number of carbonyl (C=O) groups is 1. The van der Waals surface area contributed by atoms with Crippen LogP contribution in [0, 0.1) is 0 Å². The Hall–Kier alpha value is -3.23. The van der Waals surface area contributed by atoms with Gasteiger partial charge in [-0.25, -0.2) is 13.8 Å². The van der Waals surface area contributed by atoms with Gasteiger partial charge in [-0.2, -0.15) is 5.10 Å². The van der Waals surface area contributed by atoms with Crippen molar-refractivity contribution in [3.63, 3.8) is 0 Å². The van der Waals surface area contributed by atoms with E-state index >= 15 is 0 Å². The molecule has 3 rings (SSSR count). The largest absolute Gasteiger partial charge is 0.271 e. The molecule has 148 valence electrons. The van der Waals surface area contributed by atoms with Crippen LogP contribution in [0.1, 0.15) is 5.56 Å². The molecule has 0 bridgehead atoms. The molecule has 1 heterocycles. The summed E-state index contributed by atoms with van der Waals surface area (Å²) >= 11 is 5.82. The summed E-state index contributed by atoms with van der Waals surface area (Å²) in [5.41, 5.74) is 3.34. The lowest BCUT2D eigenvalue weighted by Crippen LogP contribution is -2.39. The van der Waals surface area contributed by atoms with Crippen LogP contribution in [0.2, 0.25) is 5.02 Å². The fourth-order valence-electron chi connectivity index (χ4n) is 2.43. The van der Waals surface area contributed by atoms with Crippen LogP contribution in [-0.2, 0) is 14.8 Å². The number of rotatable bonds is 7. The van der Waals surface area contributed by atoms with E-state index in [1.807, 2.05) is 0 Å². The van der Waals surface area contributed by atoms with Crippen LogP contribution in [0.4, 0.5) is 5.69 Å². The molecule has 9 heteroatoms. The predicted octanol–water partition coefficient (Wildman–Crippen LogP) is 3.08. The highest BCUT2D eigenvalue weighted by molar-refractivity contribution is 7.92. The maximum absolute atomic E-state index is 13.1. The molecule has 0 aliphatic carbocycles. The number of nitrogens with one attached hydrogen (secondary N) is 1. The summed E-state index contributed by atoms with van der Waals surface area (Å²) in [6.45, 7) is -0.457. The zero-order chi connectivity index (χ0) is 20.7. The number of anilines is 1. The molecule has 7 nitrogen and oxygen atoms in total. The maximum atomic E-state index is 13.1. The van der Waals surface area contributed by atoms with Crippen molar-refractivity contribution in [1.82, 2.24) is 10.4 Å². The Kier molecular flexibility index (Phi) is 6.58. The van der Waals surface area contributed by atoms with Crippen LogP contribution in [0.5, 0.6) is 0 Å². The van der Waals surface area contributed by atoms with Gasteiger partial charge in [0.2, 0.25) is 0 Å². The highest BCUT2D eigenvalue weighted by Gasteiger charge is 2.27. The van der Waals surface area contributed by atoms with Gasteiger partial charge in [0.1, 0.15) is 6.54 Å². The predicted molar refractivity (Wildman–Crippen MR) is 112 cm³/mol. The first kappa shape index (κ1) is 20.5. The molecule has 1 amide bonds. The topological polar surface area (TPSA) is 91.7 Å². The van der Waals surface area contributed by atoms with Crippen LogP contribution < -0.4 is 9.73 Å². The normalized spacial score (nSPS) is 11.3. The highest BCUT2D eigenvalue weighted by atomic mass is 35.5. The van der Waals surface area contributed by atoms with Crippen molar-refractivity contribution in [2.45, 2.75) is 4.90 Å². The van der Waals surface area contributed by atoms with E-state index in [4.69, 9.17) is 11.6 Å². The Balaban J connectivity index is 1.78. The Morgan fingerprint density at radius 3 is 2.45 bits per heavy atom. The zero-order valence-electron chi connectivity index (χ0n) is 15.1. The molecule has 0 atom stereocenters. The fraction of sp³-hybridized carbons (Fsp3) is 0.0500. The molecule has 0 saturated heterocycles. The van der Waals surface area contributed by atoms with Gasteiger partial charge in [0.25, 0.3) is 15.9 Å². The first-order valence-corrected chi connectivity index (χ1v) is 10.3. The monoisotopic (exact) mass is 428 g/mol. The summed E-state index contributed by atoms with van der Waals surface area (Å²) < 4.78 is 27.1. The minimum atomic E-state index is -3.97. The van der Waals surface area contributed by atoms with Gasteiger partial charge in [-0.3, -0.25) is 14.1 Å². The summed E-state index contributed by atoms with van der Waals surface area (Å²) in [6, 6.07) is 17.9. The number of halogens is 1. The van der Waals surface area contributed by atoms with E-state index < -0.39 is 22.5 Å². The van der Waals surface area contributed by atoms with E-state index in [0.29, 0.717) is 5.02 Å². The summed E-state index contributed by atoms with van der Waals surface area (Å²) in [6.07, 6.45) is 4.34. The third-order valence-corrected chi connectivity index (χ3v) is 5.87. The zero-order valence-corrected chi connectivity index (χ0v) is 16.7. The average molecular weight is 429 g/mol. The number of hydrogen-bond acceptors (Lipinski definition) is 5. The number of pyridine rings is 1. The van der Waals surface area contributed by atoms with Gasteiger partial charge in [-0.05, 0) is 42.0 Å². The van der Waals surface area contributed by atoms with Crippen molar-refractivity contribution in [2.24, 2.45) is 5.10 Å². The third kappa shape index (κ3) is 5.40. The maximum Gasteiger partial charge on any atom is 0.264 e. The molecule has 3 aromatic rings. The number of sulfonamides is 1. The van der Waals surface area contributed by atoms with Gasteiger partial charge in [0.15, 0.2) is 0 Å². The molecule has 0 radical (unpaired) electrons. The minimum Gasteiger partial charge on any atom is -0.271 e. The quantitative estimate of drug-likeness (QED) is 0.462. The first-order chi connectivity index (χ1) is 14.0. The van der Waals surface area contributed by atoms with Gasteiger partial charge in [-0.1, -0.05) is 41.9 Å². The van der Waals surface area contributed by atoms with Crippen LogP contribution in [-0.4, -0.2) is 32.1 Å². The lowest BCUT2D eigenvalue weighted by atomic mass is 10.2. The van der Waals surface area contributed by atoms with Crippen LogP contribution in [0.25, 0.3) is 0 Å². The lowest BCUT2D eigenvalue weighted by Gasteiger charge is -2.23. The molecule has 0 spiro atoms. The van der Waals surface area contributed by atoms with Crippen molar-refractivity contribution < 1.29 is 13.2 Å².